The smallest absolute Gasteiger partial charge is 0.429 e. The maximum absolute atomic E-state index is 13.2. The minimum Gasteiger partial charge on any atom is -0.490 e. The molecule has 1 N–H and O–H groups in total. The minimum absolute atomic E-state index is 0.0869. The zero-order valence-electron chi connectivity index (χ0n) is 17.6. The summed E-state index contributed by atoms with van der Waals surface area (Å²) >= 11 is 0. The number of Topliss-reactive ketones (excluding diaryl/α,β-unsaturated/α-hetero) is 1. The molecule has 3 nitrogen and oxygen atoms in total. The second kappa shape index (κ2) is 9.21. The number of hydrogen-bond acceptors (Lipinski definition) is 3. The highest BCUT2D eigenvalue weighted by atomic mass is 32.2. The van der Waals surface area contributed by atoms with Crippen LogP contribution in [0.15, 0.2) is 24.3 Å². The van der Waals surface area contributed by atoms with Crippen molar-refractivity contribution < 1.29 is 41.0 Å². The van der Waals surface area contributed by atoms with E-state index in [0.29, 0.717) is 5.56 Å². The molecule has 10 heteroatoms. The Morgan fingerprint density at radius 3 is 1.87 bits per heavy atom. The van der Waals surface area contributed by atoms with Crippen LogP contribution < -0.4 is 4.74 Å². The van der Waals surface area contributed by atoms with Crippen molar-refractivity contribution in [3.8, 4) is 5.75 Å². The first-order valence-electron chi connectivity index (χ1n) is 9.87. The molecule has 0 aromatic heterocycles. The number of ketones is 1. The van der Waals surface area contributed by atoms with Gasteiger partial charge in [-0.05, 0) is 54.4 Å². The van der Waals surface area contributed by atoms with E-state index >= 15 is 0 Å². The average molecular weight is 473 g/mol. The normalized spacial score (nSPS) is 18.0. The summed E-state index contributed by atoms with van der Waals surface area (Å²) in [6.07, 6.45) is -8.64. The lowest BCUT2D eigenvalue weighted by atomic mass is 9.87. The van der Waals surface area contributed by atoms with Gasteiger partial charge in [0.1, 0.15) is 23.9 Å². The Balaban J connectivity index is 2.17. The van der Waals surface area contributed by atoms with Gasteiger partial charge in [0.05, 0.1) is 0 Å². The van der Waals surface area contributed by atoms with Crippen LogP contribution in [-0.4, -0.2) is 52.2 Å². The van der Waals surface area contributed by atoms with Crippen LogP contribution in [-0.2, 0) is 10.9 Å². The highest BCUT2D eigenvalue weighted by Crippen LogP contribution is 2.43. The van der Waals surface area contributed by atoms with Crippen molar-refractivity contribution in [3.05, 3.63) is 29.8 Å². The van der Waals surface area contributed by atoms with E-state index in [1.54, 1.807) is 0 Å². The fourth-order valence-corrected chi connectivity index (χ4v) is 6.78. The van der Waals surface area contributed by atoms with Crippen LogP contribution in [0.1, 0.15) is 50.4 Å². The summed E-state index contributed by atoms with van der Waals surface area (Å²) in [5.41, 5.74) is -4.96. The van der Waals surface area contributed by atoms with Crippen molar-refractivity contribution >= 4 is 16.7 Å². The van der Waals surface area contributed by atoms with Gasteiger partial charge < -0.3 is 9.84 Å². The predicted octanol–water partition coefficient (Wildman–Crippen LogP) is 5.32. The summed E-state index contributed by atoms with van der Waals surface area (Å²) < 4.78 is 81.1. The van der Waals surface area contributed by atoms with E-state index in [1.807, 2.05) is 20.8 Å². The molecule has 31 heavy (non-hydrogen) atoms. The summed E-state index contributed by atoms with van der Waals surface area (Å²) in [4.78, 5) is 13.2. The molecule has 1 aliphatic rings. The summed E-state index contributed by atoms with van der Waals surface area (Å²) in [5, 5.41) is 8.94. The van der Waals surface area contributed by atoms with Gasteiger partial charge in [-0.25, -0.2) is 0 Å². The molecular formula is C21H27F6O3S+. The van der Waals surface area contributed by atoms with Gasteiger partial charge in [-0.1, -0.05) is 20.8 Å². The molecule has 0 aliphatic carbocycles. The van der Waals surface area contributed by atoms with Crippen molar-refractivity contribution in [2.75, 3.05) is 18.1 Å². The van der Waals surface area contributed by atoms with Crippen LogP contribution in [0.2, 0.25) is 0 Å². The number of ether oxygens (including phenoxy) is 1. The summed E-state index contributed by atoms with van der Waals surface area (Å²) in [6.45, 7) is 3.93. The van der Waals surface area contributed by atoms with E-state index in [9.17, 15) is 31.1 Å². The Bertz CT molecular complexity index is 732. The number of aliphatic hydroxyl groups is 1. The highest BCUT2D eigenvalue weighted by molar-refractivity contribution is 7.98. The van der Waals surface area contributed by atoms with Crippen LogP contribution in [0.4, 0.5) is 26.3 Å². The molecule has 1 saturated heterocycles. The van der Waals surface area contributed by atoms with Gasteiger partial charge in [0, 0.05) is 11.0 Å². The lowest BCUT2D eigenvalue weighted by molar-refractivity contribution is -0.373. The number of carbonyl (C=O) groups excluding carboxylic acids is 1. The molecule has 1 aromatic rings. The van der Waals surface area contributed by atoms with Gasteiger partial charge in [0.15, 0.2) is 5.25 Å². The van der Waals surface area contributed by atoms with Gasteiger partial charge in [-0.2, -0.15) is 26.3 Å². The molecule has 2 rings (SSSR count). The van der Waals surface area contributed by atoms with Gasteiger partial charge in [-0.15, -0.1) is 0 Å². The van der Waals surface area contributed by atoms with E-state index < -0.39 is 24.6 Å². The quantitative estimate of drug-likeness (QED) is 0.346. The molecule has 1 unspecified atom stereocenters. The second-order valence-corrected chi connectivity index (χ2v) is 11.1. The predicted molar refractivity (Wildman–Crippen MR) is 108 cm³/mol. The average Bonchev–Trinajstić information content (AvgIpc) is 2.64. The van der Waals surface area contributed by atoms with Gasteiger partial charge in [0.2, 0.25) is 5.78 Å². The van der Waals surface area contributed by atoms with Gasteiger partial charge >= 0.3 is 12.4 Å². The van der Waals surface area contributed by atoms with Crippen molar-refractivity contribution in [1.82, 2.24) is 0 Å². The number of benzene rings is 1. The molecule has 1 aliphatic heterocycles. The number of halogens is 6. The lowest BCUT2D eigenvalue weighted by Crippen LogP contribution is -2.60. The molecule has 176 valence electrons. The standard InChI is InChI=1S/C21H27F6O3S/c1-18(2,3)17(31-11-5-4-6-12-31)16(28)14-7-9-15(10-8-14)30-13-19(29,20(22,23)24)21(25,26)27/h7-10,17,29H,4-6,11-13H2,1-3H3/q+1. The monoisotopic (exact) mass is 473 g/mol. The topological polar surface area (TPSA) is 46.5 Å². The SMILES string of the molecule is CC(C)(C)C(C(=O)c1ccc(OCC(O)(C(F)(F)F)C(F)(F)F)cc1)[S+]1CCCCC1. The molecule has 0 bridgehead atoms. The van der Waals surface area contributed by atoms with Crippen molar-refractivity contribution in [2.45, 2.75) is 63.2 Å². The molecule has 1 fully saturated rings. The minimum atomic E-state index is -5.96. The zero-order valence-corrected chi connectivity index (χ0v) is 18.4. The zero-order chi connectivity index (χ0) is 23.7. The summed E-state index contributed by atoms with van der Waals surface area (Å²) in [6, 6.07) is 4.96. The van der Waals surface area contributed by atoms with Crippen LogP contribution in [0.3, 0.4) is 0 Å². The lowest BCUT2D eigenvalue weighted by Gasteiger charge is -2.32. The van der Waals surface area contributed by atoms with Crippen LogP contribution >= 0.6 is 0 Å². The third-order valence-corrected chi connectivity index (χ3v) is 8.41. The maximum Gasteiger partial charge on any atom is 0.429 e. The molecule has 1 aromatic carbocycles. The Morgan fingerprint density at radius 1 is 0.968 bits per heavy atom. The third-order valence-electron chi connectivity index (χ3n) is 5.20. The van der Waals surface area contributed by atoms with Gasteiger partial charge in [-0.3, -0.25) is 4.79 Å². The largest absolute Gasteiger partial charge is 0.490 e. The Morgan fingerprint density at radius 2 is 1.45 bits per heavy atom. The highest BCUT2D eigenvalue weighted by Gasteiger charge is 2.71. The molecule has 0 amide bonds. The molecule has 0 saturated carbocycles. The Labute approximate surface area is 180 Å². The first-order valence-corrected chi connectivity index (χ1v) is 11.5. The van der Waals surface area contributed by atoms with E-state index in [0.717, 1.165) is 42.9 Å². The first-order chi connectivity index (χ1) is 14.1. The second-order valence-electron chi connectivity index (χ2n) is 8.79. The number of alkyl halides is 6. The number of hydrogen-bond donors (Lipinski definition) is 1. The molecule has 1 heterocycles. The number of rotatable bonds is 6. The Kier molecular flexibility index (Phi) is 7.68. The van der Waals surface area contributed by atoms with E-state index in [1.165, 1.54) is 12.1 Å². The van der Waals surface area contributed by atoms with Crippen LogP contribution in [0, 0.1) is 5.41 Å². The van der Waals surface area contributed by atoms with Crippen molar-refractivity contribution in [1.29, 1.82) is 0 Å². The third kappa shape index (κ3) is 5.88. The summed E-state index contributed by atoms with van der Waals surface area (Å²) in [5.74, 6) is 1.55. The van der Waals surface area contributed by atoms with E-state index in [2.05, 4.69) is 4.74 Å². The maximum atomic E-state index is 13.2. The molecule has 1 atom stereocenters. The molecule has 0 spiro atoms. The fourth-order valence-electron chi connectivity index (χ4n) is 3.51. The van der Waals surface area contributed by atoms with Crippen LogP contribution in [0.25, 0.3) is 0 Å². The van der Waals surface area contributed by atoms with Gasteiger partial charge in [0.25, 0.3) is 5.60 Å². The molecular weight excluding hydrogens is 446 g/mol. The summed E-state index contributed by atoms with van der Waals surface area (Å²) in [7, 11) is -0.0869. The first kappa shape index (κ1) is 25.8. The molecule has 0 radical (unpaired) electrons. The van der Waals surface area contributed by atoms with E-state index in [4.69, 9.17) is 5.11 Å². The van der Waals surface area contributed by atoms with Crippen molar-refractivity contribution in [3.63, 3.8) is 0 Å². The number of carbonyl (C=O) groups is 1. The van der Waals surface area contributed by atoms with Crippen molar-refractivity contribution in [2.24, 2.45) is 5.41 Å². The fraction of sp³-hybridized carbons (Fsp3) is 0.667. The van der Waals surface area contributed by atoms with Crippen LogP contribution in [0.5, 0.6) is 5.75 Å². The van der Waals surface area contributed by atoms with E-state index in [-0.39, 0.29) is 33.1 Å². The Hall–Kier alpha value is -1.42.